The fourth-order valence-corrected chi connectivity index (χ4v) is 3.68. The molecule has 1 fully saturated rings. The molecule has 162 valence electrons. The monoisotopic (exact) mass is 422 g/mol. The third-order valence-corrected chi connectivity index (χ3v) is 5.39. The minimum absolute atomic E-state index is 0.130. The SMILES string of the molecule is CCOC(=O)N1CCN(C(=O)c2cc(-c3ccco3)nn2-c2cc(C)ccc2C)CC1. The van der Waals surface area contributed by atoms with Gasteiger partial charge >= 0.3 is 6.09 Å². The van der Waals surface area contributed by atoms with Crippen LogP contribution in [0.5, 0.6) is 0 Å². The highest BCUT2D eigenvalue weighted by Gasteiger charge is 2.29. The molecule has 8 nitrogen and oxygen atoms in total. The highest BCUT2D eigenvalue weighted by atomic mass is 16.6. The van der Waals surface area contributed by atoms with Crippen molar-refractivity contribution >= 4 is 12.0 Å². The zero-order chi connectivity index (χ0) is 22.0. The van der Waals surface area contributed by atoms with Gasteiger partial charge in [0.05, 0.1) is 18.6 Å². The Morgan fingerprint density at radius 2 is 1.81 bits per heavy atom. The Bertz CT molecular complexity index is 1080. The number of nitrogens with zero attached hydrogens (tertiary/aromatic N) is 4. The second-order valence-electron chi connectivity index (χ2n) is 7.57. The summed E-state index contributed by atoms with van der Waals surface area (Å²) in [5.74, 6) is 0.472. The quantitative estimate of drug-likeness (QED) is 0.641. The fourth-order valence-electron chi connectivity index (χ4n) is 3.68. The molecule has 2 aromatic heterocycles. The van der Waals surface area contributed by atoms with Crippen molar-refractivity contribution in [1.82, 2.24) is 19.6 Å². The van der Waals surface area contributed by atoms with Gasteiger partial charge in [0, 0.05) is 32.2 Å². The first-order chi connectivity index (χ1) is 15.0. The fraction of sp³-hybridized carbons (Fsp3) is 0.348. The van der Waals surface area contributed by atoms with E-state index in [1.54, 1.807) is 39.8 Å². The molecule has 1 saturated heterocycles. The van der Waals surface area contributed by atoms with E-state index in [2.05, 4.69) is 0 Å². The maximum atomic E-state index is 13.5. The number of piperazine rings is 1. The Morgan fingerprint density at radius 1 is 1.06 bits per heavy atom. The van der Waals surface area contributed by atoms with Gasteiger partial charge in [-0.05, 0) is 50.1 Å². The molecular weight excluding hydrogens is 396 g/mol. The number of benzene rings is 1. The van der Waals surface area contributed by atoms with Gasteiger partial charge in [-0.3, -0.25) is 4.79 Å². The molecule has 3 heterocycles. The first-order valence-corrected chi connectivity index (χ1v) is 10.4. The normalized spacial score (nSPS) is 14.0. The lowest BCUT2D eigenvalue weighted by Crippen LogP contribution is -2.51. The minimum atomic E-state index is -0.338. The van der Waals surface area contributed by atoms with Gasteiger partial charge in [-0.1, -0.05) is 12.1 Å². The van der Waals surface area contributed by atoms with Crippen molar-refractivity contribution in [3.8, 4) is 17.1 Å². The third kappa shape index (κ3) is 4.19. The summed E-state index contributed by atoms with van der Waals surface area (Å²) in [5, 5.41) is 4.70. The largest absolute Gasteiger partial charge is 0.463 e. The topological polar surface area (TPSA) is 80.8 Å². The summed E-state index contributed by atoms with van der Waals surface area (Å²) in [6.45, 7) is 7.87. The van der Waals surface area contributed by atoms with Crippen LogP contribution in [-0.4, -0.2) is 64.4 Å². The number of amides is 2. The van der Waals surface area contributed by atoms with Crippen LogP contribution in [-0.2, 0) is 4.74 Å². The van der Waals surface area contributed by atoms with Crippen LogP contribution in [0.4, 0.5) is 4.79 Å². The molecule has 8 heteroatoms. The van der Waals surface area contributed by atoms with E-state index in [0.717, 1.165) is 16.8 Å². The van der Waals surface area contributed by atoms with Crippen LogP contribution in [0, 0.1) is 13.8 Å². The highest BCUT2D eigenvalue weighted by molar-refractivity contribution is 5.94. The lowest BCUT2D eigenvalue weighted by Gasteiger charge is -2.34. The molecule has 1 aromatic carbocycles. The number of ether oxygens (including phenoxy) is 1. The van der Waals surface area contributed by atoms with Crippen LogP contribution >= 0.6 is 0 Å². The van der Waals surface area contributed by atoms with E-state index in [-0.39, 0.29) is 12.0 Å². The van der Waals surface area contributed by atoms with Gasteiger partial charge in [0.2, 0.25) is 0 Å². The molecule has 0 aliphatic carbocycles. The number of aryl methyl sites for hydroxylation is 2. The standard InChI is InChI=1S/C23H26N4O4/c1-4-30-23(29)26-11-9-25(10-12-26)22(28)20-15-18(21-6-5-13-31-21)24-27(20)19-14-16(2)7-8-17(19)3/h5-8,13-15H,4,9-12H2,1-3H3. The predicted octanol–water partition coefficient (Wildman–Crippen LogP) is 3.66. The van der Waals surface area contributed by atoms with Gasteiger partial charge in [0.1, 0.15) is 11.4 Å². The summed E-state index contributed by atoms with van der Waals surface area (Å²) in [4.78, 5) is 28.8. The average Bonchev–Trinajstić information content (AvgIpc) is 3.45. The number of furan rings is 1. The number of carbonyl (C=O) groups is 2. The van der Waals surface area contributed by atoms with Crippen molar-refractivity contribution < 1.29 is 18.7 Å². The van der Waals surface area contributed by atoms with E-state index >= 15 is 0 Å². The van der Waals surface area contributed by atoms with E-state index in [4.69, 9.17) is 14.3 Å². The average molecular weight is 422 g/mol. The molecule has 0 radical (unpaired) electrons. The number of rotatable bonds is 4. The summed E-state index contributed by atoms with van der Waals surface area (Å²) in [6, 6.07) is 11.5. The third-order valence-electron chi connectivity index (χ3n) is 5.39. The molecule has 0 N–H and O–H groups in total. The first-order valence-electron chi connectivity index (χ1n) is 10.4. The Balaban J connectivity index is 1.65. The lowest BCUT2D eigenvalue weighted by molar-refractivity contribution is 0.0563. The summed E-state index contributed by atoms with van der Waals surface area (Å²) in [5.41, 5.74) is 4.01. The van der Waals surface area contributed by atoms with Gasteiger partial charge in [-0.25, -0.2) is 9.48 Å². The van der Waals surface area contributed by atoms with Crippen LogP contribution in [0.15, 0.2) is 47.1 Å². The van der Waals surface area contributed by atoms with Crippen LogP contribution in [0.1, 0.15) is 28.5 Å². The predicted molar refractivity (Wildman–Crippen MR) is 115 cm³/mol. The number of aromatic nitrogens is 2. The van der Waals surface area contributed by atoms with Crippen LogP contribution in [0.3, 0.4) is 0 Å². The molecule has 2 amide bonds. The Kier molecular flexibility index (Phi) is 5.79. The minimum Gasteiger partial charge on any atom is -0.463 e. The molecule has 0 saturated carbocycles. The lowest BCUT2D eigenvalue weighted by atomic mass is 10.1. The summed E-state index contributed by atoms with van der Waals surface area (Å²) >= 11 is 0. The van der Waals surface area contributed by atoms with Crippen LogP contribution in [0.2, 0.25) is 0 Å². The van der Waals surface area contributed by atoms with Gasteiger partial charge in [-0.2, -0.15) is 5.10 Å². The molecular formula is C23H26N4O4. The Morgan fingerprint density at radius 3 is 2.48 bits per heavy atom. The molecule has 0 atom stereocenters. The van der Waals surface area contributed by atoms with Crippen molar-refractivity contribution in [3.05, 3.63) is 59.5 Å². The van der Waals surface area contributed by atoms with Crippen LogP contribution < -0.4 is 0 Å². The maximum absolute atomic E-state index is 13.5. The van der Waals surface area contributed by atoms with Crippen molar-refractivity contribution in [3.63, 3.8) is 0 Å². The summed E-state index contributed by atoms with van der Waals surface area (Å²) < 4.78 is 12.3. The number of hydrogen-bond acceptors (Lipinski definition) is 5. The van der Waals surface area contributed by atoms with E-state index in [1.807, 2.05) is 38.1 Å². The molecule has 0 unspecified atom stereocenters. The Hall–Kier alpha value is -3.55. The van der Waals surface area contributed by atoms with Crippen molar-refractivity contribution in [2.45, 2.75) is 20.8 Å². The molecule has 3 aromatic rings. The molecule has 1 aliphatic rings. The van der Waals surface area contributed by atoms with Gasteiger partial charge in [0.15, 0.2) is 5.76 Å². The second-order valence-corrected chi connectivity index (χ2v) is 7.57. The molecule has 4 rings (SSSR count). The zero-order valence-electron chi connectivity index (χ0n) is 18.0. The van der Waals surface area contributed by atoms with Gasteiger partial charge in [0.25, 0.3) is 5.91 Å². The molecule has 0 spiro atoms. The van der Waals surface area contributed by atoms with E-state index in [1.165, 1.54) is 0 Å². The smallest absolute Gasteiger partial charge is 0.409 e. The summed E-state index contributed by atoms with van der Waals surface area (Å²) in [6.07, 6.45) is 1.25. The molecule has 0 bridgehead atoms. The van der Waals surface area contributed by atoms with E-state index in [0.29, 0.717) is 49.9 Å². The maximum Gasteiger partial charge on any atom is 0.409 e. The number of carbonyl (C=O) groups excluding carboxylic acids is 2. The van der Waals surface area contributed by atoms with Crippen LogP contribution in [0.25, 0.3) is 17.1 Å². The first kappa shape index (κ1) is 20.7. The second kappa shape index (κ2) is 8.67. The summed E-state index contributed by atoms with van der Waals surface area (Å²) in [7, 11) is 0. The zero-order valence-corrected chi connectivity index (χ0v) is 18.0. The Labute approximate surface area is 181 Å². The van der Waals surface area contributed by atoms with E-state index < -0.39 is 0 Å². The van der Waals surface area contributed by atoms with Gasteiger partial charge < -0.3 is 19.0 Å². The van der Waals surface area contributed by atoms with Crippen molar-refractivity contribution in [2.24, 2.45) is 0 Å². The van der Waals surface area contributed by atoms with Crippen molar-refractivity contribution in [2.75, 3.05) is 32.8 Å². The molecule has 31 heavy (non-hydrogen) atoms. The van der Waals surface area contributed by atoms with Crippen molar-refractivity contribution in [1.29, 1.82) is 0 Å². The highest BCUT2D eigenvalue weighted by Crippen LogP contribution is 2.25. The number of hydrogen-bond donors (Lipinski definition) is 0. The van der Waals surface area contributed by atoms with Gasteiger partial charge in [-0.15, -0.1) is 0 Å². The molecule has 1 aliphatic heterocycles. The van der Waals surface area contributed by atoms with E-state index in [9.17, 15) is 9.59 Å².